The summed E-state index contributed by atoms with van der Waals surface area (Å²) < 4.78 is 38.8. The van der Waals surface area contributed by atoms with Crippen molar-refractivity contribution >= 4 is 28.9 Å². The molecule has 2 aromatic heterocycles. The van der Waals surface area contributed by atoms with Gasteiger partial charge in [0.25, 0.3) is 0 Å². The number of hydrogen-bond donors (Lipinski definition) is 0. The maximum Gasteiger partial charge on any atom is 0.451 e. The van der Waals surface area contributed by atoms with Crippen LogP contribution in [0, 0.1) is 11.3 Å². The van der Waals surface area contributed by atoms with Crippen molar-refractivity contribution in [3.05, 3.63) is 33.0 Å². The zero-order valence-electron chi connectivity index (χ0n) is 12.8. The number of alkyl halides is 3. The Balaban J connectivity index is 2.51. The van der Waals surface area contributed by atoms with Gasteiger partial charge in [-0.25, -0.2) is 0 Å². The summed E-state index contributed by atoms with van der Waals surface area (Å²) in [5.41, 5.74) is 0.733. The van der Waals surface area contributed by atoms with Gasteiger partial charge in [0.1, 0.15) is 10.9 Å². The van der Waals surface area contributed by atoms with Gasteiger partial charge in [0.15, 0.2) is 0 Å². The topological polar surface area (TPSA) is 65.7 Å². The Morgan fingerprint density at radius 1 is 1.33 bits per heavy atom. The van der Waals surface area contributed by atoms with Gasteiger partial charge in [0.05, 0.1) is 6.04 Å². The number of rotatable bonds is 5. The standard InChI is InChI=1S/C14H13ClF3N5S/c1-3-9(8-5-6-24-10(8)7-19)23(4-2)13-21-11(14(16,17)18)20-12(15)22-13/h5-6,9H,3-4H2,1-2H3. The van der Waals surface area contributed by atoms with Gasteiger partial charge in [-0.15, -0.1) is 11.3 Å². The third kappa shape index (κ3) is 3.76. The summed E-state index contributed by atoms with van der Waals surface area (Å²) in [6.45, 7) is 3.99. The third-order valence-electron chi connectivity index (χ3n) is 3.37. The summed E-state index contributed by atoms with van der Waals surface area (Å²) in [6, 6.07) is 3.55. The summed E-state index contributed by atoms with van der Waals surface area (Å²) in [5, 5.41) is 10.5. The molecule has 0 saturated carbocycles. The second-order valence-electron chi connectivity index (χ2n) is 4.75. The van der Waals surface area contributed by atoms with E-state index < -0.39 is 17.3 Å². The number of anilines is 1. The molecule has 1 unspecified atom stereocenters. The van der Waals surface area contributed by atoms with E-state index in [1.165, 1.54) is 11.3 Å². The summed E-state index contributed by atoms with van der Waals surface area (Å²) in [7, 11) is 0. The fourth-order valence-corrected chi connectivity index (χ4v) is 3.28. The van der Waals surface area contributed by atoms with Crippen LogP contribution in [0.3, 0.4) is 0 Å². The van der Waals surface area contributed by atoms with Gasteiger partial charge in [-0.3, -0.25) is 0 Å². The predicted molar refractivity (Wildman–Crippen MR) is 84.9 cm³/mol. The van der Waals surface area contributed by atoms with Crippen LogP contribution < -0.4 is 4.90 Å². The molecule has 128 valence electrons. The lowest BCUT2D eigenvalue weighted by atomic mass is 10.0. The van der Waals surface area contributed by atoms with Crippen molar-refractivity contribution in [1.82, 2.24) is 15.0 Å². The summed E-state index contributed by atoms with van der Waals surface area (Å²) in [6.07, 6.45) is -4.16. The van der Waals surface area contributed by atoms with Crippen LogP contribution in [0.2, 0.25) is 5.28 Å². The smallest absolute Gasteiger partial charge is 0.334 e. The van der Waals surface area contributed by atoms with Gasteiger partial charge in [0.2, 0.25) is 17.1 Å². The van der Waals surface area contributed by atoms with E-state index in [1.54, 1.807) is 23.3 Å². The first kappa shape index (κ1) is 18.4. The Kier molecular flexibility index (Phi) is 5.62. The minimum absolute atomic E-state index is 0.160. The van der Waals surface area contributed by atoms with Crippen molar-refractivity contribution in [3.63, 3.8) is 0 Å². The van der Waals surface area contributed by atoms with Gasteiger partial charge < -0.3 is 4.90 Å². The molecule has 5 nitrogen and oxygen atoms in total. The number of aromatic nitrogens is 3. The summed E-state index contributed by atoms with van der Waals surface area (Å²) in [4.78, 5) is 12.6. The molecule has 10 heteroatoms. The van der Waals surface area contributed by atoms with Crippen LogP contribution in [0.4, 0.5) is 19.1 Å². The lowest BCUT2D eigenvalue weighted by molar-refractivity contribution is -0.145. The summed E-state index contributed by atoms with van der Waals surface area (Å²) >= 11 is 6.93. The highest BCUT2D eigenvalue weighted by molar-refractivity contribution is 7.10. The normalized spacial score (nSPS) is 12.7. The molecule has 0 aliphatic rings. The average Bonchev–Trinajstić information content (AvgIpc) is 2.99. The molecule has 0 saturated heterocycles. The minimum Gasteiger partial charge on any atom is -0.334 e. The number of nitriles is 1. The molecule has 0 radical (unpaired) electrons. The summed E-state index contributed by atoms with van der Waals surface area (Å²) in [5.74, 6) is -1.50. The van der Waals surface area contributed by atoms with Crippen molar-refractivity contribution in [1.29, 1.82) is 5.26 Å². The number of thiophene rings is 1. The highest BCUT2D eigenvalue weighted by atomic mass is 35.5. The van der Waals surface area contributed by atoms with E-state index in [2.05, 4.69) is 21.0 Å². The molecule has 0 N–H and O–H groups in total. The van der Waals surface area contributed by atoms with E-state index >= 15 is 0 Å². The van der Waals surface area contributed by atoms with Gasteiger partial charge in [-0.1, -0.05) is 6.92 Å². The zero-order valence-corrected chi connectivity index (χ0v) is 14.4. The van der Waals surface area contributed by atoms with E-state index in [9.17, 15) is 18.4 Å². The van der Waals surface area contributed by atoms with E-state index in [0.29, 0.717) is 17.8 Å². The highest BCUT2D eigenvalue weighted by Gasteiger charge is 2.36. The first-order valence-electron chi connectivity index (χ1n) is 7.04. The fourth-order valence-electron chi connectivity index (χ4n) is 2.38. The van der Waals surface area contributed by atoms with Gasteiger partial charge in [0, 0.05) is 12.1 Å². The molecular formula is C14H13ClF3N5S. The predicted octanol–water partition coefficient (Wildman–Crippen LogP) is 4.45. The zero-order chi connectivity index (χ0) is 17.9. The molecule has 0 aromatic carbocycles. The number of halogens is 4. The molecule has 0 aliphatic carbocycles. The Bertz CT molecular complexity index is 756. The quantitative estimate of drug-likeness (QED) is 0.772. The Morgan fingerprint density at radius 2 is 2.04 bits per heavy atom. The second kappa shape index (κ2) is 7.32. The average molecular weight is 376 g/mol. The second-order valence-corrected chi connectivity index (χ2v) is 6.01. The molecule has 2 aromatic rings. The van der Waals surface area contributed by atoms with Crippen molar-refractivity contribution in [2.75, 3.05) is 11.4 Å². The molecule has 0 amide bonds. The Hall–Kier alpha value is -1.92. The van der Waals surface area contributed by atoms with Crippen LogP contribution in [-0.4, -0.2) is 21.5 Å². The molecule has 2 rings (SSSR count). The Morgan fingerprint density at radius 3 is 2.58 bits per heavy atom. The molecule has 0 aliphatic heterocycles. The van der Waals surface area contributed by atoms with E-state index in [1.807, 2.05) is 6.92 Å². The van der Waals surface area contributed by atoms with Crippen molar-refractivity contribution in [3.8, 4) is 6.07 Å². The van der Waals surface area contributed by atoms with Crippen molar-refractivity contribution < 1.29 is 13.2 Å². The first-order valence-corrected chi connectivity index (χ1v) is 8.30. The maximum absolute atomic E-state index is 12.9. The number of hydrogen-bond acceptors (Lipinski definition) is 6. The Labute approximate surface area is 145 Å². The third-order valence-corrected chi connectivity index (χ3v) is 4.37. The lowest BCUT2D eigenvalue weighted by Gasteiger charge is -2.30. The SMILES string of the molecule is CCC(c1ccsc1C#N)N(CC)c1nc(Cl)nc(C(F)(F)F)n1. The molecule has 0 spiro atoms. The number of nitrogens with zero attached hydrogens (tertiary/aromatic N) is 5. The molecule has 24 heavy (non-hydrogen) atoms. The van der Waals surface area contributed by atoms with Crippen LogP contribution in [0.15, 0.2) is 11.4 Å². The van der Waals surface area contributed by atoms with Gasteiger partial charge >= 0.3 is 6.18 Å². The van der Waals surface area contributed by atoms with Gasteiger partial charge in [-0.05, 0) is 36.4 Å². The van der Waals surface area contributed by atoms with E-state index in [4.69, 9.17) is 11.6 Å². The van der Waals surface area contributed by atoms with Crippen LogP contribution >= 0.6 is 22.9 Å². The van der Waals surface area contributed by atoms with Crippen LogP contribution in [0.5, 0.6) is 0 Å². The highest BCUT2D eigenvalue weighted by Crippen LogP contribution is 2.34. The molecule has 0 fully saturated rings. The van der Waals surface area contributed by atoms with Crippen LogP contribution in [0.1, 0.15) is 42.6 Å². The minimum atomic E-state index is -4.72. The van der Waals surface area contributed by atoms with Crippen LogP contribution in [-0.2, 0) is 6.18 Å². The molecule has 0 bridgehead atoms. The first-order chi connectivity index (χ1) is 11.3. The maximum atomic E-state index is 12.9. The van der Waals surface area contributed by atoms with Crippen molar-refractivity contribution in [2.24, 2.45) is 0 Å². The fraction of sp³-hybridized carbons (Fsp3) is 0.429. The largest absolute Gasteiger partial charge is 0.451 e. The molecule has 2 heterocycles. The van der Waals surface area contributed by atoms with Crippen LogP contribution in [0.25, 0.3) is 0 Å². The van der Waals surface area contributed by atoms with Crippen molar-refractivity contribution in [2.45, 2.75) is 32.5 Å². The van der Waals surface area contributed by atoms with E-state index in [0.717, 1.165) is 5.56 Å². The van der Waals surface area contributed by atoms with E-state index in [-0.39, 0.29) is 12.0 Å². The van der Waals surface area contributed by atoms with Gasteiger partial charge in [-0.2, -0.15) is 33.4 Å². The monoisotopic (exact) mass is 375 g/mol. The molecular weight excluding hydrogens is 363 g/mol. The molecule has 1 atom stereocenters. The lowest BCUT2D eigenvalue weighted by Crippen LogP contribution is -2.31.